The monoisotopic (exact) mass is 234 g/mol. The van der Waals surface area contributed by atoms with Gasteiger partial charge >= 0.3 is 0 Å². The summed E-state index contributed by atoms with van der Waals surface area (Å²) in [5.74, 6) is 0. The average Bonchev–Trinajstić information content (AvgIpc) is 2.39. The SMILES string of the molecule is Cc1ccc(N2CC(C)(O)CNCC2C)cc1. The van der Waals surface area contributed by atoms with Crippen LogP contribution in [0.25, 0.3) is 0 Å². The zero-order valence-electron chi connectivity index (χ0n) is 10.9. The first-order valence-electron chi connectivity index (χ1n) is 6.24. The summed E-state index contributed by atoms with van der Waals surface area (Å²) >= 11 is 0. The van der Waals surface area contributed by atoms with E-state index in [9.17, 15) is 5.11 Å². The predicted octanol–water partition coefficient (Wildman–Crippen LogP) is 1.54. The Morgan fingerprint density at radius 1 is 1.35 bits per heavy atom. The van der Waals surface area contributed by atoms with Crippen LogP contribution in [0, 0.1) is 6.92 Å². The molecule has 0 amide bonds. The van der Waals surface area contributed by atoms with Crippen molar-refractivity contribution in [3.8, 4) is 0 Å². The molecule has 94 valence electrons. The van der Waals surface area contributed by atoms with Crippen LogP contribution < -0.4 is 10.2 Å². The molecule has 1 aromatic rings. The van der Waals surface area contributed by atoms with Crippen LogP contribution in [0.4, 0.5) is 5.69 Å². The summed E-state index contributed by atoms with van der Waals surface area (Å²) in [6, 6.07) is 8.90. The third-order valence-corrected chi connectivity index (χ3v) is 3.35. The minimum atomic E-state index is -0.671. The van der Waals surface area contributed by atoms with Gasteiger partial charge in [0, 0.05) is 31.4 Å². The van der Waals surface area contributed by atoms with Crippen molar-refractivity contribution in [1.82, 2.24) is 5.32 Å². The van der Waals surface area contributed by atoms with Crippen LogP contribution in [0.3, 0.4) is 0 Å². The van der Waals surface area contributed by atoms with E-state index in [2.05, 4.69) is 48.3 Å². The van der Waals surface area contributed by atoms with Crippen LogP contribution in [-0.2, 0) is 0 Å². The van der Waals surface area contributed by atoms with Gasteiger partial charge in [-0.25, -0.2) is 0 Å². The van der Waals surface area contributed by atoms with Gasteiger partial charge in [0.2, 0.25) is 0 Å². The Kier molecular flexibility index (Phi) is 3.40. The zero-order chi connectivity index (χ0) is 12.5. The Morgan fingerprint density at radius 2 is 2.00 bits per heavy atom. The van der Waals surface area contributed by atoms with E-state index in [1.807, 2.05) is 6.92 Å². The van der Waals surface area contributed by atoms with Crippen LogP contribution in [0.5, 0.6) is 0 Å². The van der Waals surface area contributed by atoms with Crippen LogP contribution in [0.2, 0.25) is 0 Å². The van der Waals surface area contributed by atoms with Gasteiger partial charge in [0.1, 0.15) is 0 Å². The number of β-amino-alcohol motifs (C(OH)–C–C–N with tert-alkyl or cyclic N) is 1. The predicted molar refractivity (Wildman–Crippen MR) is 71.5 cm³/mol. The summed E-state index contributed by atoms with van der Waals surface area (Å²) in [5.41, 5.74) is 1.78. The highest BCUT2D eigenvalue weighted by Gasteiger charge is 2.29. The van der Waals surface area contributed by atoms with Crippen molar-refractivity contribution in [3.63, 3.8) is 0 Å². The van der Waals surface area contributed by atoms with Gasteiger partial charge in [0.25, 0.3) is 0 Å². The lowest BCUT2D eigenvalue weighted by molar-refractivity contribution is 0.0726. The molecule has 2 rings (SSSR count). The Morgan fingerprint density at radius 3 is 2.65 bits per heavy atom. The second kappa shape index (κ2) is 4.67. The molecule has 1 fully saturated rings. The van der Waals surface area contributed by atoms with Crippen molar-refractivity contribution in [3.05, 3.63) is 29.8 Å². The molecule has 0 aliphatic carbocycles. The van der Waals surface area contributed by atoms with Gasteiger partial charge in [0.15, 0.2) is 0 Å². The van der Waals surface area contributed by atoms with E-state index in [1.54, 1.807) is 0 Å². The second-order valence-corrected chi connectivity index (χ2v) is 5.44. The highest BCUT2D eigenvalue weighted by Crippen LogP contribution is 2.22. The molecule has 1 heterocycles. The molecule has 1 aliphatic rings. The Hall–Kier alpha value is -1.06. The first kappa shape index (κ1) is 12.4. The molecule has 2 N–H and O–H groups in total. The van der Waals surface area contributed by atoms with E-state index in [4.69, 9.17) is 0 Å². The fourth-order valence-corrected chi connectivity index (χ4v) is 2.32. The molecule has 2 atom stereocenters. The highest BCUT2D eigenvalue weighted by atomic mass is 16.3. The molecule has 3 heteroatoms. The molecule has 0 bridgehead atoms. The first-order chi connectivity index (χ1) is 7.98. The van der Waals surface area contributed by atoms with Crippen molar-refractivity contribution in [1.29, 1.82) is 0 Å². The number of anilines is 1. The van der Waals surface area contributed by atoms with Gasteiger partial charge in [-0.1, -0.05) is 17.7 Å². The summed E-state index contributed by atoms with van der Waals surface area (Å²) in [7, 11) is 0. The zero-order valence-corrected chi connectivity index (χ0v) is 10.9. The molecule has 17 heavy (non-hydrogen) atoms. The maximum Gasteiger partial charge on any atom is 0.0917 e. The minimum absolute atomic E-state index is 0.395. The first-order valence-corrected chi connectivity index (χ1v) is 6.24. The largest absolute Gasteiger partial charge is 0.387 e. The number of rotatable bonds is 1. The fourth-order valence-electron chi connectivity index (χ4n) is 2.32. The van der Waals surface area contributed by atoms with E-state index in [1.165, 1.54) is 11.3 Å². The Balaban J connectivity index is 2.24. The summed E-state index contributed by atoms with van der Waals surface area (Å²) in [4.78, 5) is 2.28. The number of nitrogens with one attached hydrogen (secondary N) is 1. The smallest absolute Gasteiger partial charge is 0.0917 e. The average molecular weight is 234 g/mol. The number of hydrogen-bond acceptors (Lipinski definition) is 3. The lowest BCUT2D eigenvalue weighted by atomic mass is 10.1. The summed E-state index contributed by atoms with van der Waals surface area (Å²) in [6.45, 7) is 8.40. The third kappa shape index (κ3) is 2.99. The van der Waals surface area contributed by atoms with Crippen LogP contribution in [0.15, 0.2) is 24.3 Å². The molecule has 0 aromatic heterocycles. The number of nitrogens with zero attached hydrogens (tertiary/aromatic N) is 1. The van der Waals surface area contributed by atoms with Gasteiger partial charge in [-0.3, -0.25) is 0 Å². The van der Waals surface area contributed by atoms with Gasteiger partial charge in [-0.05, 0) is 32.9 Å². The standard InChI is InChI=1S/C14H22N2O/c1-11-4-6-13(7-5-11)16-10-14(3,17)9-15-8-12(16)2/h4-7,12,15,17H,8-10H2,1-3H3. The fraction of sp³-hybridized carbons (Fsp3) is 0.571. The third-order valence-electron chi connectivity index (χ3n) is 3.35. The summed E-state index contributed by atoms with van der Waals surface area (Å²) in [6.07, 6.45) is 0. The van der Waals surface area contributed by atoms with E-state index in [0.29, 0.717) is 19.1 Å². The quantitative estimate of drug-likeness (QED) is 0.774. The van der Waals surface area contributed by atoms with Crippen molar-refractivity contribution >= 4 is 5.69 Å². The summed E-state index contributed by atoms with van der Waals surface area (Å²) < 4.78 is 0. The van der Waals surface area contributed by atoms with E-state index in [0.717, 1.165) is 6.54 Å². The number of hydrogen-bond donors (Lipinski definition) is 2. The van der Waals surface area contributed by atoms with Crippen molar-refractivity contribution in [2.24, 2.45) is 0 Å². The van der Waals surface area contributed by atoms with Gasteiger partial charge in [-0.15, -0.1) is 0 Å². The molecule has 0 spiro atoms. The number of benzene rings is 1. The molecule has 1 aliphatic heterocycles. The lowest BCUT2D eigenvalue weighted by Crippen LogP contribution is -2.45. The molecular weight excluding hydrogens is 212 g/mol. The van der Waals surface area contributed by atoms with E-state index < -0.39 is 5.60 Å². The molecule has 3 nitrogen and oxygen atoms in total. The topological polar surface area (TPSA) is 35.5 Å². The lowest BCUT2D eigenvalue weighted by Gasteiger charge is -2.33. The molecule has 0 saturated carbocycles. The molecular formula is C14H22N2O. The van der Waals surface area contributed by atoms with E-state index >= 15 is 0 Å². The maximum atomic E-state index is 10.3. The Bertz CT molecular complexity index is 372. The van der Waals surface area contributed by atoms with Crippen LogP contribution >= 0.6 is 0 Å². The second-order valence-electron chi connectivity index (χ2n) is 5.44. The van der Waals surface area contributed by atoms with Gasteiger partial charge in [0.05, 0.1) is 5.60 Å². The Labute approximate surface area is 103 Å². The number of aliphatic hydroxyl groups is 1. The van der Waals surface area contributed by atoms with Crippen molar-refractivity contribution in [2.75, 3.05) is 24.5 Å². The van der Waals surface area contributed by atoms with E-state index in [-0.39, 0.29) is 0 Å². The van der Waals surface area contributed by atoms with Gasteiger partial charge < -0.3 is 15.3 Å². The van der Waals surface area contributed by atoms with Crippen LogP contribution in [-0.4, -0.2) is 36.4 Å². The molecule has 2 unspecified atom stereocenters. The molecule has 1 aromatic carbocycles. The van der Waals surface area contributed by atoms with Gasteiger partial charge in [-0.2, -0.15) is 0 Å². The summed E-state index contributed by atoms with van der Waals surface area (Å²) in [5, 5.41) is 13.6. The minimum Gasteiger partial charge on any atom is -0.387 e. The number of aryl methyl sites for hydroxylation is 1. The van der Waals surface area contributed by atoms with Crippen LogP contribution in [0.1, 0.15) is 19.4 Å². The van der Waals surface area contributed by atoms with Crippen molar-refractivity contribution < 1.29 is 5.11 Å². The maximum absolute atomic E-state index is 10.3. The normalized spacial score (nSPS) is 30.1. The molecule has 1 saturated heterocycles. The molecule has 0 radical (unpaired) electrons. The van der Waals surface area contributed by atoms with Crippen molar-refractivity contribution in [2.45, 2.75) is 32.4 Å². The highest BCUT2D eigenvalue weighted by molar-refractivity contribution is 5.49.